The first-order valence-electron chi connectivity index (χ1n) is 10.9. The zero-order valence-electron chi connectivity index (χ0n) is 18.0. The zero-order valence-corrected chi connectivity index (χ0v) is 18.8. The van der Waals surface area contributed by atoms with Crippen molar-refractivity contribution >= 4 is 22.4 Å². The van der Waals surface area contributed by atoms with Gasteiger partial charge in [0.25, 0.3) is 5.91 Å². The molecule has 1 amide bonds. The lowest BCUT2D eigenvalue weighted by atomic mass is 9.95. The summed E-state index contributed by atoms with van der Waals surface area (Å²) in [5.74, 6) is -0.217. The molecule has 162 valence electrons. The van der Waals surface area contributed by atoms with Gasteiger partial charge in [-0.05, 0) is 23.3 Å². The third-order valence-corrected chi connectivity index (χ3v) is 6.79. The molecule has 1 N–H and O–H groups in total. The van der Waals surface area contributed by atoms with Crippen molar-refractivity contribution in [3.05, 3.63) is 106 Å². The van der Waals surface area contributed by atoms with Gasteiger partial charge < -0.3 is 0 Å². The number of thiazole rings is 1. The summed E-state index contributed by atoms with van der Waals surface area (Å²) >= 11 is 1.54. The summed E-state index contributed by atoms with van der Waals surface area (Å²) < 4.78 is 0. The number of carbonyl (C=O) groups is 1. The van der Waals surface area contributed by atoms with E-state index in [1.54, 1.807) is 23.5 Å². The Morgan fingerprint density at radius 1 is 1.00 bits per heavy atom. The quantitative estimate of drug-likeness (QED) is 0.436. The molecule has 1 aliphatic rings. The molecule has 2 heterocycles. The Bertz CT molecular complexity index is 1340. The van der Waals surface area contributed by atoms with Crippen LogP contribution in [0.4, 0.5) is 5.13 Å². The van der Waals surface area contributed by atoms with Crippen molar-refractivity contribution in [3.63, 3.8) is 0 Å². The number of hydrogen-bond acceptors (Lipinski definition) is 5. The van der Waals surface area contributed by atoms with Crippen molar-refractivity contribution < 1.29 is 4.79 Å². The second-order valence-corrected chi connectivity index (χ2v) is 9.08. The van der Waals surface area contributed by atoms with Gasteiger partial charge in [-0.15, -0.1) is 11.3 Å². The molecule has 5 rings (SSSR count). The lowest BCUT2D eigenvalue weighted by Crippen LogP contribution is -2.29. The lowest BCUT2D eigenvalue weighted by Gasteiger charge is -2.25. The van der Waals surface area contributed by atoms with Crippen molar-refractivity contribution in [2.24, 2.45) is 0 Å². The first-order chi connectivity index (χ1) is 16.2. The van der Waals surface area contributed by atoms with Gasteiger partial charge in [-0.2, -0.15) is 5.26 Å². The van der Waals surface area contributed by atoms with E-state index < -0.39 is 0 Å². The van der Waals surface area contributed by atoms with Crippen LogP contribution in [0.25, 0.3) is 11.1 Å². The predicted octanol–water partition coefficient (Wildman–Crippen LogP) is 5.49. The van der Waals surface area contributed by atoms with E-state index in [-0.39, 0.29) is 5.91 Å². The van der Waals surface area contributed by atoms with Gasteiger partial charge in [0, 0.05) is 42.1 Å². The molecule has 0 fully saturated rings. The lowest BCUT2D eigenvalue weighted by molar-refractivity contribution is 0.102. The Hall–Kier alpha value is -3.79. The standard InChI is InChI=1S/C27H22N4OS/c28-16-20-10-4-5-11-21(20)22-12-6-7-13-23(22)26(32)30-27-29-24-14-15-31(18-25(24)33-27)17-19-8-2-1-3-9-19/h1-13H,14-15,17-18H2,(H,29,30,32). The molecule has 0 aliphatic carbocycles. The van der Waals surface area contributed by atoms with Gasteiger partial charge in [0.05, 0.1) is 17.3 Å². The maximum atomic E-state index is 13.2. The number of nitrogens with zero attached hydrogens (tertiary/aromatic N) is 3. The summed E-state index contributed by atoms with van der Waals surface area (Å²) in [6, 6.07) is 27.4. The topological polar surface area (TPSA) is 69.0 Å². The zero-order chi connectivity index (χ0) is 22.6. The fraction of sp³-hybridized carbons (Fsp3) is 0.148. The summed E-state index contributed by atoms with van der Waals surface area (Å²) in [4.78, 5) is 21.5. The molecule has 1 aromatic heterocycles. The Balaban J connectivity index is 1.34. The summed E-state index contributed by atoms with van der Waals surface area (Å²) in [5, 5.41) is 13.1. The molecular weight excluding hydrogens is 428 g/mol. The van der Waals surface area contributed by atoms with Gasteiger partial charge in [-0.1, -0.05) is 66.7 Å². The molecule has 0 unspecified atom stereocenters. The van der Waals surface area contributed by atoms with E-state index >= 15 is 0 Å². The SMILES string of the molecule is N#Cc1ccccc1-c1ccccc1C(=O)Nc1nc2c(s1)CN(Cc1ccccc1)CC2. The van der Waals surface area contributed by atoms with E-state index in [2.05, 4.69) is 40.6 Å². The molecule has 33 heavy (non-hydrogen) atoms. The molecule has 1 aliphatic heterocycles. The average molecular weight is 451 g/mol. The van der Waals surface area contributed by atoms with E-state index in [9.17, 15) is 10.1 Å². The number of nitriles is 1. The normalized spacial score (nSPS) is 13.2. The smallest absolute Gasteiger partial charge is 0.258 e. The summed E-state index contributed by atoms with van der Waals surface area (Å²) in [7, 11) is 0. The second-order valence-electron chi connectivity index (χ2n) is 7.99. The number of carbonyl (C=O) groups excluding carboxylic acids is 1. The third-order valence-electron chi connectivity index (χ3n) is 5.79. The fourth-order valence-electron chi connectivity index (χ4n) is 4.17. The average Bonchev–Trinajstić information content (AvgIpc) is 3.26. The summed E-state index contributed by atoms with van der Waals surface area (Å²) in [5.41, 5.74) is 4.93. The van der Waals surface area contributed by atoms with Gasteiger partial charge in [-0.3, -0.25) is 15.0 Å². The fourth-order valence-corrected chi connectivity index (χ4v) is 5.22. The largest absolute Gasteiger partial charge is 0.298 e. The maximum Gasteiger partial charge on any atom is 0.258 e. The minimum absolute atomic E-state index is 0.217. The number of amides is 1. The molecule has 0 radical (unpaired) electrons. The van der Waals surface area contributed by atoms with Crippen molar-refractivity contribution in [1.29, 1.82) is 5.26 Å². The van der Waals surface area contributed by atoms with Crippen molar-refractivity contribution in [2.45, 2.75) is 19.5 Å². The summed E-state index contributed by atoms with van der Waals surface area (Å²) in [6.07, 6.45) is 0.876. The first kappa shape index (κ1) is 21.1. The monoisotopic (exact) mass is 450 g/mol. The van der Waals surface area contributed by atoms with Gasteiger partial charge >= 0.3 is 0 Å². The molecule has 0 atom stereocenters. The Labute approximate surface area is 197 Å². The highest BCUT2D eigenvalue weighted by Crippen LogP contribution is 2.31. The second kappa shape index (κ2) is 9.37. The van der Waals surface area contributed by atoms with E-state index in [4.69, 9.17) is 4.98 Å². The molecule has 3 aromatic carbocycles. The number of nitrogens with one attached hydrogen (secondary N) is 1. The van der Waals surface area contributed by atoms with Crippen LogP contribution >= 0.6 is 11.3 Å². The number of anilines is 1. The van der Waals surface area contributed by atoms with Crippen LogP contribution in [0.2, 0.25) is 0 Å². The van der Waals surface area contributed by atoms with Gasteiger partial charge in [0.15, 0.2) is 5.13 Å². The molecule has 4 aromatic rings. The minimum Gasteiger partial charge on any atom is -0.298 e. The van der Waals surface area contributed by atoms with Crippen LogP contribution in [0.3, 0.4) is 0 Å². The molecule has 0 spiro atoms. The number of benzene rings is 3. The maximum absolute atomic E-state index is 13.2. The number of fused-ring (bicyclic) bond motifs is 1. The van der Waals surface area contributed by atoms with Crippen LogP contribution in [0.1, 0.15) is 32.1 Å². The van der Waals surface area contributed by atoms with Gasteiger partial charge in [0.2, 0.25) is 0 Å². The Kier molecular flexibility index (Phi) is 5.99. The third kappa shape index (κ3) is 4.56. The van der Waals surface area contributed by atoms with Crippen LogP contribution < -0.4 is 5.32 Å². The molecule has 6 heteroatoms. The molecule has 0 saturated carbocycles. The van der Waals surface area contributed by atoms with Crippen LogP contribution in [-0.4, -0.2) is 22.3 Å². The van der Waals surface area contributed by atoms with Crippen molar-refractivity contribution in [3.8, 4) is 17.2 Å². The van der Waals surface area contributed by atoms with Gasteiger partial charge in [0.1, 0.15) is 0 Å². The number of rotatable bonds is 5. The predicted molar refractivity (Wildman–Crippen MR) is 131 cm³/mol. The molecule has 0 saturated heterocycles. The van der Waals surface area contributed by atoms with E-state index in [1.807, 2.05) is 42.5 Å². The van der Waals surface area contributed by atoms with Crippen LogP contribution in [0.15, 0.2) is 78.9 Å². The Morgan fingerprint density at radius 3 is 2.55 bits per heavy atom. The Morgan fingerprint density at radius 2 is 1.73 bits per heavy atom. The first-order valence-corrected chi connectivity index (χ1v) is 11.7. The van der Waals surface area contributed by atoms with Crippen molar-refractivity contribution in [1.82, 2.24) is 9.88 Å². The van der Waals surface area contributed by atoms with E-state index in [0.29, 0.717) is 16.3 Å². The van der Waals surface area contributed by atoms with Crippen LogP contribution in [0, 0.1) is 11.3 Å². The van der Waals surface area contributed by atoms with Gasteiger partial charge in [-0.25, -0.2) is 4.98 Å². The molecule has 0 bridgehead atoms. The van der Waals surface area contributed by atoms with Crippen molar-refractivity contribution in [2.75, 3.05) is 11.9 Å². The highest BCUT2D eigenvalue weighted by atomic mass is 32.1. The number of aromatic nitrogens is 1. The number of hydrogen-bond donors (Lipinski definition) is 1. The van der Waals surface area contributed by atoms with E-state index in [0.717, 1.165) is 42.9 Å². The molecular formula is C27H22N4OS. The van der Waals surface area contributed by atoms with Crippen LogP contribution in [-0.2, 0) is 19.5 Å². The highest BCUT2D eigenvalue weighted by Gasteiger charge is 2.22. The summed E-state index contributed by atoms with van der Waals surface area (Å²) in [6.45, 7) is 2.70. The van der Waals surface area contributed by atoms with E-state index in [1.165, 1.54) is 10.4 Å². The molecule has 5 nitrogen and oxygen atoms in total. The highest BCUT2D eigenvalue weighted by molar-refractivity contribution is 7.15. The minimum atomic E-state index is -0.217. The van der Waals surface area contributed by atoms with Crippen LogP contribution in [0.5, 0.6) is 0 Å².